The van der Waals surface area contributed by atoms with E-state index in [1.807, 2.05) is 38.8 Å². The van der Waals surface area contributed by atoms with Crippen molar-refractivity contribution in [2.45, 2.75) is 26.4 Å². The molecule has 0 amide bonds. The maximum atomic E-state index is 4.39. The first kappa shape index (κ1) is 13.4. The van der Waals surface area contributed by atoms with E-state index in [1.165, 1.54) is 0 Å². The quantitative estimate of drug-likeness (QED) is 0.865. The van der Waals surface area contributed by atoms with Gasteiger partial charge in [0.25, 0.3) is 0 Å². The molecular formula is C14H21N5. The molecule has 5 nitrogen and oxygen atoms in total. The van der Waals surface area contributed by atoms with Gasteiger partial charge >= 0.3 is 0 Å². The van der Waals surface area contributed by atoms with Gasteiger partial charge in [-0.3, -0.25) is 4.98 Å². The number of aryl methyl sites for hydroxylation is 1. The van der Waals surface area contributed by atoms with Crippen molar-refractivity contribution in [2.24, 2.45) is 0 Å². The Hall–Kier alpha value is -2.04. The molecule has 5 heteroatoms. The topological polar surface area (TPSA) is 46.0 Å². The molecule has 2 rings (SSSR count). The van der Waals surface area contributed by atoms with Gasteiger partial charge in [-0.15, -0.1) is 0 Å². The maximum absolute atomic E-state index is 4.39. The van der Waals surface area contributed by atoms with Crippen molar-refractivity contribution in [2.75, 3.05) is 24.3 Å². The first-order valence-corrected chi connectivity index (χ1v) is 6.57. The number of aromatic nitrogens is 3. The van der Waals surface area contributed by atoms with Crippen LogP contribution in [0, 0.1) is 0 Å². The number of nitrogens with one attached hydrogen (secondary N) is 1. The van der Waals surface area contributed by atoms with Crippen LogP contribution in [0.25, 0.3) is 0 Å². The van der Waals surface area contributed by atoms with Gasteiger partial charge in [0.1, 0.15) is 5.82 Å². The van der Waals surface area contributed by atoms with Gasteiger partial charge in [-0.2, -0.15) is 0 Å². The summed E-state index contributed by atoms with van der Waals surface area (Å²) in [5.74, 6) is 1.05. The molecule has 0 saturated heterocycles. The highest BCUT2D eigenvalue weighted by Crippen LogP contribution is 2.22. The highest BCUT2D eigenvalue weighted by Gasteiger charge is 2.06. The third-order valence-electron chi connectivity index (χ3n) is 2.98. The molecule has 0 aliphatic heterocycles. The Labute approximate surface area is 114 Å². The third-order valence-corrected chi connectivity index (χ3v) is 2.98. The first-order chi connectivity index (χ1) is 9.22. The van der Waals surface area contributed by atoms with Crippen molar-refractivity contribution in [3.05, 3.63) is 36.7 Å². The molecule has 0 saturated carbocycles. The molecule has 0 bridgehead atoms. The molecule has 1 N–H and O–H groups in total. The van der Waals surface area contributed by atoms with Crippen molar-refractivity contribution >= 4 is 11.4 Å². The summed E-state index contributed by atoms with van der Waals surface area (Å²) < 4.78 is 2.18. The monoisotopic (exact) mass is 259 g/mol. The lowest BCUT2D eigenvalue weighted by Crippen LogP contribution is -2.14. The molecule has 19 heavy (non-hydrogen) atoms. The molecule has 0 spiro atoms. The Kier molecular flexibility index (Phi) is 4.39. The largest absolute Gasteiger partial charge is 0.376 e. The van der Waals surface area contributed by atoms with Gasteiger partial charge in [-0.25, -0.2) is 4.98 Å². The van der Waals surface area contributed by atoms with E-state index >= 15 is 0 Å². The standard InChI is InChI=1S/C14H21N5/c1-4-8-19-9-7-16-14(19)11-17-12-10-15-6-5-13(12)18(2)3/h5-7,9-10,17H,4,8,11H2,1-3H3. The Morgan fingerprint density at radius 1 is 1.32 bits per heavy atom. The van der Waals surface area contributed by atoms with Gasteiger partial charge in [0.2, 0.25) is 0 Å². The number of imidazole rings is 1. The van der Waals surface area contributed by atoms with Gasteiger partial charge in [0.15, 0.2) is 0 Å². The lowest BCUT2D eigenvalue weighted by molar-refractivity contribution is 0.644. The van der Waals surface area contributed by atoms with Gasteiger partial charge in [0.05, 0.1) is 24.1 Å². The average Bonchev–Trinajstić information content (AvgIpc) is 2.84. The van der Waals surface area contributed by atoms with Crippen LogP contribution in [0.4, 0.5) is 11.4 Å². The normalized spacial score (nSPS) is 10.5. The summed E-state index contributed by atoms with van der Waals surface area (Å²) >= 11 is 0. The molecule has 2 aromatic heterocycles. The average molecular weight is 259 g/mol. The highest BCUT2D eigenvalue weighted by atomic mass is 15.1. The molecule has 0 fully saturated rings. The lowest BCUT2D eigenvalue weighted by Gasteiger charge is -2.18. The summed E-state index contributed by atoms with van der Waals surface area (Å²) in [7, 11) is 4.05. The second-order valence-electron chi connectivity index (χ2n) is 4.68. The van der Waals surface area contributed by atoms with E-state index in [-0.39, 0.29) is 0 Å². The Morgan fingerprint density at radius 2 is 2.16 bits per heavy atom. The van der Waals surface area contributed by atoms with Gasteiger partial charge in [0, 0.05) is 39.2 Å². The van der Waals surface area contributed by atoms with E-state index < -0.39 is 0 Å². The summed E-state index contributed by atoms with van der Waals surface area (Å²) in [6, 6.07) is 2.00. The number of hydrogen-bond acceptors (Lipinski definition) is 4. The van der Waals surface area contributed by atoms with Crippen molar-refractivity contribution < 1.29 is 0 Å². The summed E-state index contributed by atoms with van der Waals surface area (Å²) in [4.78, 5) is 10.6. The van der Waals surface area contributed by atoms with Crippen LogP contribution in [0.5, 0.6) is 0 Å². The SMILES string of the molecule is CCCn1ccnc1CNc1cnccc1N(C)C. The zero-order valence-electron chi connectivity index (χ0n) is 11.8. The van der Waals surface area contributed by atoms with Crippen LogP contribution in [0.2, 0.25) is 0 Å². The number of nitrogens with zero attached hydrogens (tertiary/aromatic N) is 4. The fourth-order valence-electron chi connectivity index (χ4n) is 2.04. The molecule has 2 heterocycles. The molecule has 0 atom stereocenters. The highest BCUT2D eigenvalue weighted by molar-refractivity contribution is 5.67. The zero-order valence-corrected chi connectivity index (χ0v) is 11.8. The minimum absolute atomic E-state index is 0.708. The van der Waals surface area contributed by atoms with Crippen LogP contribution >= 0.6 is 0 Å². The Morgan fingerprint density at radius 3 is 2.89 bits per heavy atom. The van der Waals surface area contributed by atoms with E-state index in [0.717, 1.165) is 30.2 Å². The first-order valence-electron chi connectivity index (χ1n) is 6.57. The molecule has 2 aromatic rings. The Balaban J connectivity index is 2.08. The second-order valence-corrected chi connectivity index (χ2v) is 4.68. The van der Waals surface area contributed by atoms with Crippen LogP contribution in [0.3, 0.4) is 0 Å². The van der Waals surface area contributed by atoms with Crippen molar-refractivity contribution in [1.29, 1.82) is 0 Å². The molecular weight excluding hydrogens is 238 g/mol. The molecule has 0 aliphatic carbocycles. The van der Waals surface area contributed by atoms with Crippen molar-refractivity contribution in [1.82, 2.24) is 14.5 Å². The minimum atomic E-state index is 0.708. The summed E-state index contributed by atoms with van der Waals surface area (Å²) in [6.07, 6.45) is 8.64. The van der Waals surface area contributed by atoms with Crippen molar-refractivity contribution in [3.8, 4) is 0 Å². The predicted molar refractivity (Wildman–Crippen MR) is 78.4 cm³/mol. The zero-order chi connectivity index (χ0) is 13.7. The van der Waals surface area contributed by atoms with Crippen LogP contribution in [-0.2, 0) is 13.1 Å². The minimum Gasteiger partial charge on any atom is -0.376 e. The third kappa shape index (κ3) is 3.24. The van der Waals surface area contributed by atoms with E-state index in [2.05, 4.69) is 31.7 Å². The summed E-state index contributed by atoms with van der Waals surface area (Å²) in [5.41, 5.74) is 2.15. The van der Waals surface area contributed by atoms with Gasteiger partial charge in [-0.1, -0.05) is 6.92 Å². The van der Waals surface area contributed by atoms with Crippen LogP contribution in [0.15, 0.2) is 30.9 Å². The smallest absolute Gasteiger partial charge is 0.128 e. The van der Waals surface area contributed by atoms with E-state index in [4.69, 9.17) is 0 Å². The molecule has 0 radical (unpaired) electrons. The molecule has 0 unspecified atom stereocenters. The van der Waals surface area contributed by atoms with E-state index in [9.17, 15) is 0 Å². The fraction of sp³-hybridized carbons (Fsp3) is 0.429. The number of pyridine rings is 1. The van der Waals surface area contributed by atoms with Crippen LogP contribution in [0.1, 0.15) is 19.2 Å². The second kappa shape index (κ2) is 6.22. The molecule has 0 aromatic carbocycles. The molecule has 102 valence electrons. The number of rotatable bonds is 6. The summed E-state index contributed by atoms with van der Waals surface area (Å²) in [6.45, 7) is 3.88. The number of hydrogen-bond donors (Lipinski definition) is 1. The lowest BCUT2D eigenvalue weighted by atomic mass is 10.3. The van der Waals surface area contributed by atoms with Gasteiger partial charge < -0.3 is 14.8 Å². The van der Waals surface area contributed by atoms with E-state index in [0.29, 0.717) is 6.54 Å². The van der Waals surface area contributed by atoms with Crippen LogP contribution < -0.4 is 10.2 Å². The maximum Gasteiger partial charge on any atom is 0.128 e. The predicted octanol–water partition coefficient (Wildman–Crippen LogP) is 2.37. The van der Waals surface area contributed by atoms with Crippen LogP contribution in [-0.4, -0.2) is 28.6 Å². The fourth-order valence-corrected chi connectivity index (χ4v) is 2.04. The van der Waals surface area contributed by atoms with Crippen molar-refractivity contribution in [3.63, 3.8) is 0 Å². The number of anilines is 2. The Bertz CT molecular complexity index is 518. The molecule has 0 aliphatic rings. The van der Waals surface area contributed by atoms with E-state index in [1.54, 1.807) is 6.20 Å². The van der Waals surface area contributed by atoms with Gasteiger partial charge in [-0.05, 0) is 12.5 Å². The summed E-state index contributed by atoms with van der Waals surface area (Å²) in [5, 5.41) is 3.41.